The molecule has 10 N–H and O–H groups in total. The van der Waals surface area contributed by atoms with E-state index in [0.717, 1.165) is 111 Å². The van der Waals surface area contributed by atoms with E-state index < -0.39 is 59.0 Å². The molecule has 0 amide bonds. The minimum atomic E-state index is -3.24. The molecule has 0 radical (unpaired) electrons. The normalized spacial score (nSPS) is 15.3. The molecule has 0 aliphatic carbocycles. The minimum absolute atomic E-state index is 0.0479. The molecule has 18 aromatic rings. The molecule has 43 heteroatoms. The maximum Gasteiger partial charge on any atom is 0.179 e. The summed E-state index contributed by atoms with van der Waals surface area (Å²) in [5.41, 5.74) is 16.5. The number of nitrogens with one attached hydrogen (secondary N) is 6. The van der Waals surface area contributed by atoms with Gasteiger partial charge in [0.2, 0.25) is 0 Å². The molecular weight excluding hydrogens is 1960 g/mol. The molecule has 0 atom stereocenters. The van der Waals surface area contributed by atoms with Crippen molar-refractivity contribution in [2.24, 2.45) is 0 Å². The summed E-state index contributed by atoms with van der Waals surface area (Å²) in [5, 5.41) is 61.9. The maximum absolute atomic E-state index is 12.2. The van der Waals surface area contributed by atoms with Crippen LogP contribution in [0.15, 0.2) is 268 Å². The Kier molecular flexibility index (Phi) is 26.7. The number of aryl methyl sites for hydroxylation is 8. The zero-order valence-corrected chi connectivity index (χ0v) is 82.1. The molecule has 0 unspecified atom stereocenters. The smallest absolute Gasteiger partial charge is 0.179 e. The highest BCUT2D eigenvalue weighted by atomic mass is 32.2. The molecule has 37 nitrogen and oxygen atoms in total. The van der Waals surface area contributed by atoms with Gasteiger partial charge in [-0.1, -0.05) is 36.4 Å². The fraction of sp³-hybridized carbons (Fsp3) is 0.178. The Morgan fingerprint density at radius 1 is 0.292 bits per heavy atom. The van der Waals surface area contributed by atoms with Crippen LogP contribution in [0.1, 0.15) is 55.6 Å². The molecule has 0 spiro atoms. The molecule has 11 aromatic carbocycles. The first-order chi connectivity index (χ1) is 69.3. The zero-order valence-electron chi connectivity index (χ0n) is 77.2. The van der Waals surface area contributed by atoms with E-state index >= 15 is 0 Å². The SMILES string of the molecule is COc1ccc(Nc2ncnc3ccc4c(c23)CCS4(=O)=O)cc1.COc1cccc(Nc2ncnc3ccc4c(c23)CCS4(=O)=O)c1.Cc1ccc(O)cc1Nc1ncnc2ccc3c(c12)CCS3(=O)=O.Cc1cccc(O)c1Nc1ncnc2ccc3c(c12)CCS3(=O)=O.O=S1(=O)CCc2c1ccc1ncnc(Nc3cccc(CO)c3)c21.O=S1(=O)CCc2c1ccc1ncnc(Nc3cncc(CO)c3)c21. The van der Waals surface area contributed by atoms with Gasteiger partial charge in [0.25, 0.3) is 0 Å². The van der Waals surface area contributed by atoms with E-state index in [1.807, 2.05) is 92.7 Å². The van der Waals surface area contributed by atoms with Crippen LogP contribution in [0.2, 0.25) is 0 Å². The Morgan fingerprint density at radius 2 is 0.618 bits per heavy atom. The first-order valence-corrected chi connectivity index (χ1v) is 54.9. The number of fused-ring (bicyclic) bond motifs is 18. The van der Waals surface area contributed by atoms with Gasteiger partial charge in [-0.3, -0.25) is 4.98 Å². The zero-order chi connectivity index (χ0) is 101. The summed E-state index contributed by atoms with van der Waals surface area (Å²) in [7, 11) is -16.1. The number of anilines is 12. The Labute approximate surface area is 825 Å². The molecule has 7 aromatic heterocycles. The Bertz CT molecular complexity index is 8580. The highest BCUT2D eigenvalue weighted by Gasteiger charge is 2.36. The monoisotopic (exact) mass is 2050 g/mol. The third-order valence-electron chi connectivity index (χ3n) is 25.2. The van der Waals surface area contributed by atoms with Crippen molar-refractivity contribution in [1.29, 1.82) is 0 Å². The summed E-state index contributed by atoms with van der Waals surface area (Å²) in [6.07, 6.45) is 14.7. The highest BCUT2D eigenvalue weighted by Crippen LogP contribution is 2.45. The highest BCUT2D eigenvalue weighted by molar-refractivity contribution is 7.93. The van der Waals surface area contributed by atoms with E-state index in [-0.39, 0.29) is 59.2 Å². The fourth-order valence-corrected chi connectivity index (χ4v) is 27.5. The molecule has 24 rings (SSSR count). The summed E-state index contributed by atoms with van der Waals surface area (Å²) in [4.78, 5) is 57.6. The van der Waals surface area contributed by atoms with Crippen LogP contribution >= 0.6 is 0 Å². The number of para-hydroxylation sites is 1. The Hall–Kier alpha value is -15.8. The van der Waals surface area contributed by atoms with Gasteiger partial charge in [-0.05, 0) is 248 Å². The van der Waals surface area contributed by atoms with Crippen LogP contribution in [0.3, 0.4) is 0 Å². The van der Waals surface area contributed by atoms with Gasteiger partial charge >= 0.3 is 0 Å². The van der Waals surface area contributed by atoms with Gasteiger partial charge in [-0.25, -0.2) is 110 Å². The average Bonchev–Trinajstić information content (AvgIpc) is 1.61. The first-order valence-electron chi connectivity index (χ1n) is 45.0. The summed E-state index contributed by atoms with van der Waals surface area (Å²) >= 11 is 0. The predicted molar refractivity (Wildman–Crippen MR) is 546 cm³/mol. The average molecular weight is 2050 g/mol. The van der Waals surface area contributed by atoms with Gasteiger partial charge in [0.1, 0.15) is 95.9 Å². The second kappa shape index (κ2) is 39.6. The number of phenols is 2. The topological polar surface area (TPSA) is 544 Å². The van der Waals surface area contributed by atoms with Crippen LogP contribution in [0.4, 0.5) is 69.0 Å². The van der Waals surface area contributed by atoms with Crippen LogP contribution in [0, 0.1) is 13.8 Å². The van der Waals surface area contributed by atoms with Crippen molar-refractivity contribution in [3.63, 3.8) is 0 Å². The number of rotatable bonds is 16. The molecule has 144 heavy (non-hydrogen) atoms. The van der Waals surface area contributed by atoms with E-state index in [0.29, 0.717) is 158 Å². The Morgan fingerprint density at radius 3 is 0.979 bits per heavy atom. The fourth-order valence-electron chi connectivity index (χ4n) is 18.2. The molecule has 0 bridgehead atoms. The van der Waals surface area contributed by atoms with E-state index in [1.54, 1.807) is 136 Å². The van der Waals surface area contributed by atoms with Crippen LogP contribution < -0.4 is 41.4 Å². The van der Waals surface area contributed by atoms with Crippen LogP contribution in [-0.4, -0.2) is 184 Å². The van der Waals surface area contributed by atoms with Crippen LogP contribution in [0.25, 0.3) is 65.4 Å². The lowest BCUT2D eigenvalue weighted by Gasteiger charge is -2.14. The summed E-state index contributed by atoms with van der Waals surface area (Å²) in [5.74, 6) is 5.83. The molecule has 0 saturated carbocycles. The lowest BCUT2D eigenvalue weighted by atomic mass is 10.1. The molecular formula is C101H89N19O18S6. The molecule has 0 fully saturated rings. The van der Waals surface area contributed by atoms with Gasteiger partial charge in [0.05, 0.1) is 142 Å². The lowest BCUT2D eigenvalue weighted by Crippen LogP contribution is -2.01. The quantitative estimate of drug-likeness (QED) is 0.0402. The van der Waals surface area contributed by atoms with E-state index in [2.05, 4.69) is 96.7 Å². The number of aliphatic hydroxyl groups is 2. The predicted octanol–water partition coefficient (Wildman–Crippen LogP) is 14.6. The molecule has 6 aliphatic heterocycles. The number of hydrogen-bond acceptors (Lipinski definition) is 37. The van der Waals surface area contributed by atoms with Crippen molar-refractivity contribution < 1.29 is 80.4 Å². The number of aromatic nitrogens is 13. The van der Waals surface area contributed by atoms with Crippen LogP contribution in [0.5, 0.6) is 23.0 Å². The number of hydrogen-bond donors (Lipinski definition) is 10. The largest absolute Gasteiger partial charge is 0.508 e. The first kappa shape index (κ1) is 97.1. The van der Waals surface area contributed by atoms with Crippen molar-refractivity contribution in [1.82, 2.24) is 64.8 Å². The number of sulfone groups is 6. The minimum Gasteiger partial charge on any atom is -0.508 e. The second-order valence-electron chi connectivity index (χ2n) is 34.1. The standard InChI is InChI=1S/5C17H15N3O3S.C16H14N4O3S/c1-23-12-4-2-11(3-5-12)20-17-16-13-8-9-24(21,22)15(13)7-6-14(16)18-10-19-17;1-10-2-3-11(21)8-14(10)20-17-16-12-6-7-24(22,23)15(12)5-4-13(16)18-9-19-17;1-23-12-4-2-3-11(9-12)20-17-16-13-7-8-24(21,22)15(13)6-5-14(16)18-10-19-17;1-10-3-2-4-13(21)16(10)20-17-15-11-7-8-24(22,23)14(11)6-5-12(15)18-9-19-17;21-9-11-2-1-3-12(8-11)20-17-16-13-6-7-24(22,23)15(13)5-4-14(16)18-10-19-17;21-8-10-5-11(7-17-6-10)20-16-15-12-3-4-24(22,23)14(12)2-1-13(15)18-9-19-16/h2-7,10H,8-9H2,1H3,(H,18,19,20);2-5,8-9,21H,6-7H2,1H3,(H,18,19,20);2-6,9-10H,7-8H2,1H3,(H,18,19,20);2-6,9,21H,7-8H2,1H3,(H,18,19,20);1-5,8,10,21H,6-7,9H2,(H,18,19,20);1-2,5-7,9,21H,3-4,8H2,(H,18,19,20). The molecule has 0 saturated heterocycles. The van der Waals surface area contributed by atoms with E-state index in [4.69, 9.17) is 9.47 Å². The van der Waals surface area contributed by atoms with Gasteiger partial charge in [-0.2, -0.15) is 0 Å². The van der Waals surface area contributed by atoms with Crippen molar-refractivity contribution in [2.75, 3.05) is 80.6 Å². The number of pyridine rings is 1. The van der Waals surface area contributed by atoms with Gasteiger partial charge in [0.15, 0.2) is 59.0 Å². The van der Waals surface area contributed by atoms with E-state index in [9.17, 15) is 70.9 Å². The van der Waals surface area contributed by atoms with E-state index in [1.165, 1.54) is 38.0 Å². The number of ether oxygens (including phenoxy) is 2. The van der Waals surface area contributed by atoms with Gasteiger partial charge in [-0.15, -0.1) is 0 Å². The van der Waals surface area contributed by atoms with Gasteiger partial charge in [0, 0.05) is 73.4 Å². The number of methoxy groups -OCH3 is 2. The third kappa shape index (κ3) is 19.7. The number of nitrogens with zero attached hydrogens (tertiary/aromatic N) is 13. The van der Waals surface area contributed by atoms with Gasteiger partial charge < -0.3 is 61.8 Å². The van der Waals surface area contributed by atoms with Crippen molar-refractivity contribution in [3.05, 3.63) is 294 Å². The molecule has 13 heterocycles. The molecule has 732 valence electrons. The second-order valence-corrected chi connectivity index (χ2v) is 46.6. The van der Waals surface area contributed by atoms with Crippen molar-refractivity contribution >= 4 is 193 Å². The lowest BCUT2D eigenvalue weighted by molar-refractivity contribution is 0.281. The summed E-state index contributed by atoms with van der Waals surface area (Å²) < 4.78 is 156. The number of aromatic hydroxyl groups is 2. The maximum atomic E-state index is 12.2. The molecule has 6 aliphatic rings. The van der Waals surface area contributed by atoms with Crippen LogP contribution in [-0.2, 0) is 111 Å². The number of aliphatic hydroxyl groups excluding tert-OH is 2. The third-order valence-corrected chi connectivity index (χ3v) is 36.0. The number of benzene rings is 11. The summed E-state index contributed by atoms with van der Waals surface area (Å²) in [6.45, 7) is 3.63. The summed E-state index contributed by atoms with van der Waals surface area (Å²) in [6, 6.07) is 54.4. The number of phenolic OH excluding ortho intramolecular Hbond substituents is 2. The van der Waals surface area contributed by atoms with Crippen molar-refractivity contribution in [3.8, 4) is 23.0 Å². The van der Waals surface area contributed by atoms with Crippen molar-refractivity contribution in [2.45, 2.75) is 95.0 Å². The Balaban J connectivity index is 0.000000109.